The zero-order valence-corrected chi connectivity index (χ0v) is 14.8. The van der Waals surface area contributed by atoms with Gasteiger partial charge in [0.25, 0.3) is 5.91 Å². The van der Waals surface area contributed by atoms with E-state index in [1.54, 1.807) is 48.5 Å². The summed E-state index contributed by atoms with van der Waals surface area (Å²) in [5, 5.41) is 10.8. The fraction of sp³-hybridized carbons (Fsp3) is 0.0476. The smallest absolute Gasteiger partial charge is 0.304 e. The number of carbonyl (C=O) groups is 1. The lowest BCUT2D eigenvalue weighted by Crippen LogP contribution is -2.14. The zero-order chi connectivity index (χ0) is 20.4. The first-order valence-electron chi connectivity index (χ1n) is 8.58. The van der Waals surface area contributed by atoms with E-state index in [-0.39, 0.29) is 11.5 Å². The number of pyridine rings is 1. The minimum absolute atomic E-state index is 0.113. The largest absolute Gasteiger partial charge is 0.416 e. The minimum atomic E-state index is -4.45. The van der Waals surface area contributed by atoms with Gasteiger partial charge in [-0.3, -0.25) is 4.79 Å². The van der Waals surface area contributed by atoms with Gasteiger partial charge in [-0.2, -0.15) is 18.3 Å². The highest BCUT2D eigenvalue weighted by Gasteiger charge is 2.30. The van der Waals surface area contributed by atoms with Gasteiger partial charge in [-0.05, 0) is 35.9 Å². The van der Waals surface area contributed by atoms with Crippen molar-refractivity contribution in [3.8, 4) is 11.1 Å². The Morgan fingerprint density at radius 2 is 1.76 bits per heavy atom. The van der Waals surface area contributed by atoms with E-state index in [1.807, 2.05) is 0 Å². The van der Waals surface area contributed by atoms with Crippen molar-refractivity contribution in [1.29, 1.82) is 0 Å². The number of carbonyl (C=O) groups excluding carboxylic acids is 1. The van der Waals surface area contributed by atoms with E-state index in [1.165, 1.54) is 12.3 Å². The number of nitrogens with one attached hydrogen (secondary N) is 1. The second-order valence-electron chi connectivity index (χ2n) is 6.22. The second-order valence-corrected chi connectivity index (χ2v) is 6.22. The van der Waals surface area contributed by atoms with Crippen molar-refractivity contribution in [1.82, 2.24) is 15.2 Å². The number of aromatic nitrogens is 3. The van der Waals surface area contributed by atoms with Crippen LogP contribution >= 0.6 is 0 Å². The molecule has 29 heavy (non-hydrogen) atoms. The van der Waals surface area contributed by atoms with Crippen molar-refractivity contribution in [3.63, 3.8) is 0 Å². The van der Waals surface area contributed by atoms with Crippen molar-refractivity contribution >= 4 is 22.6 Å². The number of hydrogen-bond donors (Lipinski definition) is 1. The standard InChI is InChI=1S/C21H13F3N4O/c22-21(23,24)15-6-1-5-14(12-15)16-7-2-4-13-9-10-17(26-19(13)16)20(29)27-18-8-3-11-25-28-18/h1-12H,(H,27,28,29). The topological polar surface area (TPSA) is 67.8 Å². The van der Waals surface area contributed by atoms with Gasteiger partial charge in [0.2, 0.25) is 0 Å². The van der Waals surface area contributed by atoms with Crippen LogP contribution in [0.15, 0.2) is 72.9 Å². The lowest BCUT2D eigenvalue weighted by molar-refractivity contribution is -0.137. The van der Waals surface area contributed by atoms with Crippen molar-refractivity contribution in [2.75, 3.05) is 5.32 Å². The zero-order valence-electron chi connectivity index (χ0n) is 14.8. The summed E-state index contributed by atoms with van der Waals surface area (Å²) < 4.78 is 39.3. The van der Waals surface area contributed by atoms with Gasteiger partial charge in [0, 0.05) is 17.1 Å². The molecule has 1 amide bonds. The summed E-state index contributed by atoms with van der Waals surface area (Å²) in [4.78, 5) is 16.9. The number of hydrogen-bond acceptors (Lipinski definition) is 4. The Bertz CT molecular complexity index is 1190. The molecule has 0 saturated heterocycles. The van der Waals surface area contributed by atoms with Crippen LogP contribution in [-0.2, 0) is 6.18 Å². The number of fused-ring (bicyclic) bond motifs is 1. The molecule has 5 nitrogen and oxygen atoms in total. The second kappa shape index (κ2) is 7.31. The first-order chi connectivity index (χ1) is 13.9. The van der Waals surface area contributed by atoms with E-state index in [0.29, 0.717) is 22.0 Å². The maximum absolute atomic E-state index is 13.1. The van der Waals surface area contributed by atoms with Crippen molar-refractivity contribution < 1.29 is 18.0 Å². The third-order valence-corrected chi connectivity index (χ3v) is 4.27. The quantitative estimate of drug-likeness (QED) is 0.533. The van der Waals surface area contributed by atoms with Gasteiger partial charge in [-0.1, -0.05) is 36.4 Å². The highest BCUT2D eigenvalue weighted by molar-refractivity contribution is 6.04. The van der Waals surface area contributed by atoms with Crippen LogP contribution in [0, 0.1) is 0 Å². The summed E-state index contributed by atoms with van der Waals surface area (Å²) in [6.45, 7) is 0. The van der Waals surface area contributed by atoms with Crippen molar-refractivity contribution in [2.24, 2.45) is 0 Å². The molecule has 0 aliphatic rings. The van der Waals surface area contributed by atoms with Gasteiger partial charge in [0.15, 0.2) is 5.82 Å². The van der Waals surface area contributed by atoms with Gasteiger partial charge < -0.3 is 5.32 Å². The molecule has 8 heteroatoms. The van der Waals surface area contributed by atoms with Gasteiger partial charge in [-0.25, -0.2) is 4.98 Å². The number of benzene rings is 2. The van der Waals surface area contributed by atoms with Gasteiger partial charge in [0.1, 0.15) is 5.69 Å². The van der Waals surface area contributed by atoms with Crippen LogP contribution in [0.25, 0.3) is 22.0 Å². The molecule has 0 bridgehead atoms. The molecule has 4 rings (SSSR count). The number of nitrogens with zero attached hydrogens (tertiary/aromatic N) is 3. The van der Waals surface area contributed by atoms with E-state index in [0.717, 1.165) is 12.1 Å². The average molecular weight is 394 g/mol. The first kappa shape index (κ1) is 18.5. The summed E-state index contributed by atoms with van der Waals surface area (Å²) in [5.74, 6) is -0.225. The Kier molecular flexibility index (Phi) is 4.67. The van der Waals surface area contributed by atoms with Crippen LogP contribution in [0.3, 0.4) is 0 Å². The van der Waals surface area contributed by atoms with Crippen LogP contribution in [0.4, 0.5) is 19.0 Å². The highest BCUT2D eigenvalue weighted by atomic mass is 19.4. The lowest BCUT2D eigenvalue weighted by Gasteiger charge is -2.11. The Labute approximate surface area is 163 Å². The molecule has 0 radical (unpaired) electrons. The van der Waals surface area contributed by atoms with E-state index in [9.17, 15) is 18.0 Å². The van der Waals surface area contributed by atoms with Gasteiger partial charge in [0.05, 0.1) is 11.1 Å². The number of para-hydroxylation sites is 1. The monoisotopic (exact) mass is 394 g/mol. The molecule has 2 aromatic heterocycles. The molecule has 0 unspecified atom stereocenters. The van der Waals surface area contributed by atoms with Crippen molar-refractivity contribution in [3.05, 3.63) is 84.2 Å². The molecule has 2 aromatic carbocycles. The van der Waals surface area contributed by atoms with Crippen LogP contribution in [0.5, 0.6) is 0 Å². The molecule has 0 spiro atoms. The number of rotatable bonds is 3. The summed E-state index contributed by atoms with van der Waals surface area (Å²) in [6.07, 6.45) is -2.97. The lowest BCUT2D eigenvalue weighted by atomic mass is 9.99. The van der Waals surface area contributed by atoms with Crippen LogP contribution < -0.4 is 5.32 Å². The molecule has 2 heterocycles. The summed E-state index contributed by atoms with van der Waals surface area (Å²) in [7, 11) is 0. The molecular formula is C21H13F3N4O. The van der Waals surface area contributed by atoms with E-state index < -0.39 is 17.6 Å². The number of anilines is 1. The van der Waals surface area contributed by atoms with Crippen LogP contribution in [-0.4, -0.2) is 21.1 Å². The Hall–Kier alpha value is -3.81. The molecule has 0 fully saturated rings. The predicted molar refractivity (Wildman–Crippen MR) is 102 cm³/mol. The van der Waals surface area contributed by atoms with E-state index in [4.69, 9.17) is 0 Å². The molecule has 144 valence electrons. The summed E-state index contributed by atoms with van der Waals surface area (Å²) in [5.41, 5.74) is 0.664. The molecule has 4 aromatic rings. The number of amides is 1. The van der Waals surface area contributed by atoms with Crippen LogP contribution in [0.2, 0.25) is 0 Å². The summed E-state index contributed by atoms with van der Waals surface area (Å²) >= 11 is 0. The Balaban J connectivity index is 1.76. The SMILES string of the molecule is O=C(Nc1cccnn1)c1ccc2cccc(-c3cccc(C(F)(F)F)c3)c2n1. The van der Waals surface area contributed by atoms with E-state index >= 15 is 0 Å². The van der Waals surface area contributed by atoms with Gasteiger partial charge in [-0.15, -0.1) is 5.10 Å². The highest BCUT2D eigenvalue weighted by Crippen LogP contribution is 2.34. The molecule has 0 saturated carbocycles. The number of alkyl halides is 3. The minimum Gasteiger partial charge on any atom is -0.304 e. The molecule has 0 atom stereocenters. The average Bonchev–Trinajstić information content (AvgIpc) is 2.73. The van der Waals surface area contributed by atoms with Gasteiger partial charge >= 0.3 is 6.18 Å². The molecular weight excluding hydrogens is 381 g/mol. The Morgan fingerprint density at radius 1 is 0.931 bits per heavy atom. The summed E-state index contributed by atoms with van der Waals surface area (Å²) in [6, 6.07) is 16.7. The fourth-order valence-corrected chi connectivity index (χ4v) is 2.92. The molecule has 0 aliphatic carbocycles. The maximum Gasteiger partial charge on any atom is 0.416 e. The molecule has 1 N–H and O–H groups in total. The number of halogens is 3. The third kappa shape index (κ3) is 3.91. The van der Waals surface area contributed by atoms with Crippen molar-refractivity contribution in [2.45, 2.75) is 6.18 Å². The maximum atomic E-state index is 13.1. The normalized spacial score (nSPS) is 11.4. The molecule has 0 aliphatic heterocycles. The third-order valence-electron chi connectivity index (χ3n) is 4.27. The predicted octanol–water partition coefficient (Wildman–Crippen LogP) is 4.96. The van der Waals surface area contributed by atoms with E-state index in [2.05, 4.69) is 20.5 Å². The van der Waals surface area contributed by atoms with Crippen LogP contribution in [0.1, 0.15) is 16.1 Å². The fourth-order valence-electron chi connectivity index (χ4n) is 2.92. The Morgan fingerprint density at radius 3 is 2.52 bits per heavy atom. The first-order valence-corrected chi connectivity index (χ1v) is 8.58.